The highest BCUT2D eigenvalue weighted by atomic mass is 16.5. The molecule has 0 spiro atoms. The third-order valence-corrected chi connectivity index (χ3v) is 4.42. The van der Waals surface area contributed by atoms with E-state index in [1.54, 1.807) is 6.92 Å². The Balaban J connectivity index is 1.83. The van der Waals surface area contributed by atoms with Crippen LogP contribution in [0, 0.1) is 0 Å². The fourth-order valence-corrected chi connectivity index (χ4v) is 3.47. The van der Waals surface area contributed by atoms with Crippen molar-refractivity contribution in [2.24, 2.45) is 0 Å². The number of rotatable bonds is 4. The molecule has 0 aliphatic carbocycles. The molecule has 0 saturated heterocycles. The molecule has 2 aromatic carbocycles. The van der Waals surface area contributed by atoms with E-state index in [9.17, 15) is 4.79 Å². The molecule has 1 aliphatic rings. The molecular formula is C21H26N2O2. The van der Waals surface area contributed by atoms with Crippen molar-refractivity contribution < 1.29 is 9.53 Å². The summed E-state index contributed by atoms with van der Waals surface area (Å²) in [5.74, 6) is 0.990. The lowest BCUT2D eigenvalue weighted by Crippen LogP contribution is -2.49. The van der Waals surface area contributed by atoms with Gasteiger partial charge in [0.25, 0.3) is 0 Å². The third-order valence-electron chi connectivity index (χ3n) is 4.42. The Morgan fingerprint density at radius 3 is 2.36 bits per heavy atom. The molecule has 132 valence electrons. The van der Waals surface area contributed by atoms with Crippen LogP contribution in [0.15, 0.2) is 48.5 Å². The summed E-state index contributed by atoms with van der Waals surface area (Å²) in [7, 11) is 0. The number of fused-ring (bicyclic) bond motifs is 1. The summed E-state index contributed by atoms with van der Waals surface area (Å²) in [4.78, 5) is 16.3. The Labute approximate surface area is 150 Å². The summed E-state index contributed by atoms with van der Waals surface area (Å²) in [6.45, 7) is 9.43. The zero-order chi connectivity index (χ0) is 18.0. The van der Waals surface area contributed by atoms with Gasteiger partial charge in [-0.1, -0.05) is 24.3 Å². The standard InChI is InChI=1S/C21H26N2O2/c1-15(2)25-19-11-9-18(10-12-19)14-22-13-16(3)23(17(4)24)21-8-6-5-7-20(21)22/h5-12,15-16H,13-14H2,1-4H3/t16-/m0/s1. The van der Waals surface area contributed by atoms with Crippen LogP contribution in [0.1, 0.15) is 33.3 Å². The average Bonchev–Trinajstić information content (AvgIpc) is 2.56. The van der Waals surface area contributed by atoms with Gasteiger partial charge in [0.2, 0.25) is 5.91 Å². The van der Waals surface area contributed by atoms with E-state index < -0.39 is 0 Å². The lowest BCUT2D eigenvalue weighted by Gasteiger charge is -2.41. The molecule has 3 rings (SSSR count). The van der Waals surface area contributed by atoms with E-state index in [2.05, 4.69) is 30.0 Å². The lowest BCUT2D eigenvalue weighted by molar-refractivity contribution is -0.117. The molecule has 4 heteroatoms. The maximum absolute atomic E-state index is 12.1. The highest BCUT2D eigenvalue weighted by molar-refractivity contribution is 5.97. The van der Waals surface area contributed by atoms with E-state index in [0.717, 1.165) is 30.2 Å². The van der Waals surface area contributed by atoms with Crippen LogP contribution in [0.3, 0.4) is 0 Å². The summed E-state index contributed by atoms with van der Waals surface area (Å²) < 4.78 is 5.72. The van der Waals surface area contributed by atoms with Crippen LogP contribution in [-0.4, -0.2) is 24.6 Å². The Bertz CT molecular complexity index is 740. The molecule has 1 amide bonds. The van der Waals surface area contributed by atoms with Crippen molar-refractivity contribution in [2.45, 2.75) is 46.4 Å². The largest absolute Gasteiger partial charge is 0.491 e. The van der Waals surface area contributed by atoms with Crippen LogP contribution in [0.5, 0.6) is 5.75 Å². The van der Waals surface area contributed by atoms with Crippen molar-refractivity contribution >= 4 is 17.3 Å². The van der Waals surface area contributed by atoms with Crippen LogP contribution in [0.25, 0.3) is 0 Å². The first-order chi connectivity index (χ1) is 12.0. The molecule has 0 unspecified atom stereocenters. The molecule has 1 atom stereocenters. The summed E-state index contributed by atoms with van der Waals surface area (Å²) >= 11 is 0. The molecule has 0 radical (unpaired) electrons. The minimum absolute atomic E-state index is 0.0924. The van der Waals surface area contributed by atoms with E-state index in [1.807, 2.05) is 49.1 Å². The van der Waals surface area contributed by atoms with Gasteiger partial charge >= 0.3 is 0 Å². The Morgan fingerprint density at radius 2 is 1.76 bits per heavy atom. The lowest BCUT2D eigenvalue weighted by atomic mass is 10.1. The van der Waals surface area contributed by atoms with Gasteiger partial charge in [0.15, 0.2) is 0 Å². The average molecular weight is 338 g/mol. The maximum Gasteiger partial charge on any atom is 0.224 e. The van der Waals surface area contributed by atoms with E-state index in [4.69, 9.17) is 4.74 Å². The SMILES string of the molecule is CC(=O)N1c2ccccc2N(Cc2ccc(OC(C)C)cc2)C[C@@H]1C. The monoisotopic (exact) mass is 338 g/mol. The van der Waals surface area contributed by atoms with E-state index in [1.165, 1.54) is 5.56 Å². The second-order valence-electron chi connectivity index (χ2n) is 6.92. The molecule has 2 aromatic rings. The zero-order valence-corrected chi connectivity index (χ0v) is 15.4. The fraction of sp³-hybridized carbons (Fsp3) is 0.381. The predicted molar refractivity (Wildman–Crippen MR) is 102 cm³/mol. The minimum atomic E-state index is 0.0924. The normalized spacial score (nSPS) is 16.8. The molecule has 0 fully saturated rings. The molecule has 0 bridgehead atoms. The molecular weight excluding hydrogens is 312 g/mol. The number of ether oxygens (including phenoxy) is 1. The van der Waals surface area contributed by atoms with Gasteiger partial charge in [-0.05, 0) is 50.6 Å². The molecule has 0 saturated carbocycles. The van der Waals surface area contributed by atoms with Gasteiger partial charge in [-0.2, -0.15) is 0 Å². The second-order valence-corrected chi connectivity index (χ2v) is 6.92. The fourth-order valence-electron chi connectivity index (χ4n) is 3.47. The number of hydrogen-bond acceptors (Lipinski definition) is 3. The summed E-state index contributed by atoms with van der Waals surface area (Å²) in [6.07, 6.45) is 0.179. The van der Waals surface area contributed by atoms with E-state index in [0.29, 0.717) is 0 Å². The van der Waals surface area contributed by atoms with Crippen LogP contribution in [-0.2, 0) is 11.3 Å². The van der Waals surface area contributed by atoms with Crippen molar-refractivity contribution in [1.82, 2.24) is 0 Å². The van der Waals surface area contributed by atoms with Gasteiger partial charge in [-0.25, -0.2) is 0 Å². The van der Waals surface area contributed by atoms with Crippen LogP contribution >= 0.6 is 0 Å². The van der Waals surface area contributed by atoms with E-state index in [-0.39, 0.29) is 18.1 Å². The Kier molecular flexibility index (Phi) is 4.98. The number of amides is 1. The highest BCUT2D eigenvalue weighted by Crippen LogP contribution is 2.36. The minimum Gasteiger partial charge on any atom is -0.491 e. The summed E-state index contributed by atoms with van der Waals surface area (Å²) in [5, 5.41) is 0. The topological polar surface area (TPSA) is 32.8 Å². The smallest absolute Gasteiger partial charge is 0.224 e. The van der Waals surface area contributed by atoms with Crippen LogP contribution in [0.2, 0.25) is 0 Å². The number of hydrogen-bond donors (Lipinski definition) is 0. The number of carbonyl (C=O) groups excluding carboxylic acids is 1. The highest BCUT2D eigenvalue weighted by Gasteiger charge is 2.30. The number of nitrogens with zero attached hydrogens (tertiary/aromatic N) is 2. The molecule has 0 N–H and O–H groups in total. The first-order valence-corrected chi connectivity index (χ1v) is 8.85. The molecule has 0 aromatic heterocycles. The van der Waals surface area contributed by atoms with Gasteiger partial charge in [0.1, 0.15) is 5.75 Å². The van der Waals surface area contributed by atoms with Gasteiger partial charge in [0, 0.05) is 20.0 Å². The quantitative estimate of drug-likeness (QED) is 0.836. The molecule has 25 heavy (non-hydrogen) atoms. The van der Waals surface area contributed by atoms with Gasteiger partial charge in [0.05, 0.1) is 23.5 Å². The summed E-state index contributed by atoms with van der Waals surface area (Å²) in [6, 6.07) is 16.6. The number of carbonyl (C=O) groups is 1. The third kappa shape index (κ3) is 3.78. The van der Waals surface area contributed by atoms with E-state index >= 15 is 0 Å². The van der Waals surface area contributed by atoms with Gasteiger partial charge in [-0.15, -0.1) is 0 Å². The van der Waals surface area contributed by atoms with Crippen molar-refractivity contribution in [2.75, 3.05) is 16.3 Å². The maximum atomic E-state index is 12.1. The molecule has 1 heterocycles. The Morgan fingerprint density at radius 1 is 1.12 bits per heavy atom. The first kappa shape index (κ1) is 17.3. The number of para-hydroxylation sites is 2. The molecule has 4 nitrogen and oxygen atoms in total. The van der Waals surface area contributed by atoms with Crippen LogP contribution in [0.4, 0.5) is 11.4 Å². The zero-order valence-electron chi connectivity index (χ0n) is 15.4. The van der Waals surface area contributed by atoms with Crippen molar-refractivity contribution in [3.63, 3.8) is 0 Å². The van der Waals surface area contributed by atoms with Crippen molar-refractivity contribution in [3.05, 3.63) is 54.1 Å². The van der Waals surface area contributed by atoms with Crippen molar-refractivity contribution in [3.8, 4) is 5.75 Å². The number of anilines is 2. The summed E-state index contributed by atoms with van der Waals surface area (Å²) in [5.41, 5.74) is 3.33. The molecule has 1 aliphatic heterocycles. The Hall–Kier alpha value is -2.49. The van der Waals surface area contributed by atoms with Gasteiger partial charge in [-0.3, -0.25) is 4.79 Å². The van der Waals surface area contributed by atoms with Crippen molar-refractivity contribution in [1.29, 1.82) is 0 Å². The van der Waals surface area contributed by atoms with Crippen LogP contribution < -0.4 is 14.5 Å². The predicted octanol–water partition coefficient (Wildman–Crippen LogP) is 4.24. The van der Waals surface area contributed by atoms with Gasteiger partial charge < -0.3 is 14.5 Å². The number of benzene rings is 2. The second kappa shape index (κ2) is 7.18. The first-order valence-electron chi connectivity index (χ1n) is 8.85.